The highest BCUT2D eigenvalue weighted by Gasteiger charge is 2.37. The number of amides is 1. The van der Waals surface area contributed by atoms with Crippen LogP contribution in [0, 0.1) is 6.92 Å². The predicted octanol–water partition coefficient (Wildman–Crippen LogP) is 3.80. The summed E-state index contributed by atoms with van der Waals surface area (Å²) in [6.45, 7) is 1.96. The maximum absolute atomic E-state index is 12.2. The molecule has 1 fully saturated rings. The highest BCUT2D eigenvalue weighted by atomic mass is 79.9. The van der Waals surface area contributed by atoms with Crippen LogP contribution < -0.4 is 5.32 Å². The number of aryl methyl sites for hydroxylation is 1. The largest absolute Gasteiger partial charge is 0.346 e. The molecule has 2 rings (SSSR count). The summed E-state index contributed by atoms with van der Waals surface area (Å²) < 4.78 is 0.940. The first-order valence-corrected chi connectivity index (χ1v) is 7.62. The van der Waals surface area contributed by atoms with E-state index in [1.165, 1.54) is 6.42 Å². The second kappa shape index (κ2) is 5.11. The van der Waals surface area contributed by atoms with Crippen molar-refractivity contribution in [2.45, 2.75) is 31.7 Å². The van der Waals surface area contributed by atoms with Gasteiger partial charge in [-0.25, -0.2) is 0 Å². The topological polar surface area (TPSA) is 29.1 Å². The Bertz CT molecular complexity index is 436. The standard InChI is InChI=1S/C13H15Br2NO/c1-9-3-4-10(15)7-11(9)12(17)16-13(8-14)5-2-6-13/h3-4,7H,2,5-6,8H2,1H3,(H,16,17). The van der Waals surface area contributed by atoms with Gasteiger partial charge in [0.05, 0.1) is 5.54 Å². The summed E-state index contributed by atoms with van der Waals surface area (Å²) in [7, 11) is 0. The van der Waals surface area contributed by atoms with E-state index >= 15 is 0 Å². The van der Waals surface area contributed by atoms with Gasteiger partial charge in [0.25, 0.3) is 5.91 Å². The summed E-state index contributed by atoms with van der Waals surface area (Å²) >= 11 is 6.90. The van der Waals surface area contributed by atoms with E-state index in [2.05, 4.69) is 37.2 Å². The van der Waals surface area contributed by atoms with Crippen LogP contribution in [0.3, 0.4) is 0 Å². The number of halogens is 2. The molecule has 1 N–H and O–H groups in total. The van der Waals surface area contributed by atoms with Gasteiger partial charge in [0.2, 0.25) is 0 Å². The summed E-state index contributed by atoms with van der Waals surface area (Å²) in [6, 6.07) is 5.79. The van der Waals surface area contributed by atoms with Crippen molar-refractivity contribution in [2.75, 3.05) is 5.33 Å². The zero-order chi connectivity index (χ0) is 12.5. The Labute approximate surface area is 118 Å². The van der Waals surface area contributed by atoms with Crippen LogP contribution >= 0.6 is 31.9 Å². The maximum atomic E-state index is 12.2. The number of nitrogens with one attached hydrogen (secondary N) is 1. The van der Waals surface area contributed by atoms with Crippen molar-refractivity contribution in [3.8, 4) is 0 Å². The molecule has 1 aromatic rings. The lowest BCUT2D eigenvalue weighted by Crippen LogP contribution is -2.55. The quantitative estimate of drug-likeness (QED) is 0.816. The van der Waals surface area contributed by atoms with E-state index in [1.807, 2.05) is 25.1 Å². The van der Waals surface area contributed by atoms with E-state index < -0.39 is 0 Å². The maximum Gasteiger partial charge on any atom is 0.252 e. The molecule has 2 nitrogen and oxygen atoms in total. The van der Waals surface area contributed by atoms with E-state index in [-0.39, 0.29) is 11.4 Å². The van der Waals surface area contributed by atoms with Crippen LogP contribution in [-0.4, -0.2) is 16.8 Å². The average molecular weight is 361 g/mol. The molecule has 0 aliphatic heterocycles. The van der Waals surface area contributed by atoms with E-state index in [4.69, 9.17) is 0 Å². The lowest BCUT2D eigenvalue weighted by atomic mass is 9.78. The minimum atomic E-state index is -0.0220. The molecule has 0 unspecified atom stereocenters. The molecule has 1 aliphatic carbocycles. The minimum absolute atomic E-state index is 0.0220. The number of benzene rings is 1. The number of hydrogen-bond acceptors (Lipinski definition) is 1. The normalized spacial score (nSPS) is 17.4. The molecule has 0 aromatic heterocycles. The number of carbonyl (C=O) groups is 1. The van der Waals surface area contributed by atoms with Crippen molar-refractivity contribution in [2.24, 2.45) is 0 Å². The molecular weight excluding hydrogens is 346 g/mol. The summed E-state index contributed by atoms with van der Waals surface area (Å²) in [6.07, 6.45) is 3.33. The highest BCUT2D eigenvalue weighted by molar-refractivity contribution is 9.10. The molecule has 1 aromatic carbocycles. The van der Waals surface area contributed by atoms with E-state index in [1.54, 1.807) is 0 Å². The van der Waals surface area contributed by atoms with Crippen LogP contribution in [0.1, 0.15) is 35.2 Å². The lowest BCUT2D eigenvalue weighted by Gasteiger charge is -2.41. The molecule has 0 spiro atoms. The molecule has 4 heteroatoms. The second-order valence-electron chi connectivity index (χ2n) is 4.68. The van der Waals surface area contributed by atoms with E-state index in [0.717, 1.165) is 33.8 Å². The van der Waals surface area contributed by atoms with Crippen LogP contribution in [0.25, 0.3) is 0 Å². The van der Waals surface area contributed by atoms with Gasteiger partial charge in [-0.05, 0) is 43.9 Å². The molecule has 0 atom stereocenters. The Hall–Kier alpha value is -0.350. The first-order valence-electron chi connectivity index (χ1n) is 5.71. The van der Waals surface area contributed by atoms with E-state index in [0.29, 0.717) is 0 Å². The van der Waals surface area contributed by atoms with Crippen LogP contribution in [0.15, 0.2) is 22.7 Å². The number of rotatable bonds is 3. The zero-order valence-corrected chi connectivity index (χ0v) is 12.9. The highest BCUT2D eigenvalue weighted by Crippen LogP contribution is 2.33. The third-order valence-corrected chi connectivity index (χ3v) is 4.96. The van der Waals surface area contributed by atoms with Crippen molar-refractivity contribution in [1.82, 2.24) is 5.32 Å². The molecule has 1 saturated carbocycles. The number of carbonyl (C=O) groups excluding carboxylic acids is 1. The number of hydrogen-bond donors (Lipinski definition) is 1. The SMILES string of the molecule is Cc1ccc(Br)cc1C(=O)NC1(CBr)CCC1. The molecule has 0 heterocycles. The number of alkyl halides is 1. The van der Waals surface area contributed by atoms with Crippen LogP contribution in [-0.2, 0) is 0 Å². The summed E-state index contributed by atoms with van der Waals surface area (Å²) in [5, 5.41) is 3.99. The van der Waals surface area contributed by atoms with Gasteiger partial charge in [0, 0.05) is 15.4 Å². The Morgan fingerprint density at radius 2 is 2.18 bits per heavy atom. The van der Waals surface area contributed by atoms with E-state index in [9.17, 15) is 4.79 Å². The summed E-state index contributed by atoms with van der Waals surface area (Å²) in [5.41, 5.74) is 1.74. The van der Waals surface area contributed by atoms with Crippen LogP contribution in [0.5, 0.6) is 0 Å². The van der Waals surface area contributed by atoms with Crippen molar-refractivity contribution in [3.05, 3.63) is 33.8 Å². The minimum Gasteiger partial charge on any atom is -0.346 e. The molecule has 1 aliphatic rings. The Morgan fingerprint density at radius 3 is 2.71 bits per heavy atom. The molecule has 1 amide bonds. The van der Waals surface area contributed by atoms with Gasteiger partial charge in [-0.3, -0.25) is 4.79 Å². The molecule has 0 radical (unpaired) electrons. The Kier molecular flexibility index (Phi) is 3.93. The fraction of sp³-hybridized carbons (Fsp3) is 0.462. The van der Waals surface area contributed by atoms with Crippen LogP contribution in [0.4, 0.5) is 0 Å². The third-order valence-electron chi connectivity index (χ3n) is 3.39. The molecule has 92 valence electrons. The fourth-order valence-electron chi connectivity index (χ4n) is 2.04. The third kappa shape index (κ3) is 2.74. The Balaban J connectivity index is 2.17. The molecular formula is C13H15Br2NO. The second-order valence-corrected chi connectivity index (χ2v) is 6.16. The monoisotopic (exact) mass is 359 g/mol. The van der Waals surface area contributed by atoms with Gasteiger partial charge in [-0.15, -0.1) is 0 Å². The molecule has 17 heavy (non-hydrogen) atoms. The summed E-state index contributed by atoms with van der Waals surface area (Å²) in [4.78, 5) is 12.2. The summed E-state index contributed by atoms with van der Waals surface area (Å²) in [5.74, 6) is 0.0305. The van der Waals surface area contributed by atoms with Crippen molar-refractivity contribution in [1.29, 1.82) is 0 Å². The van der Waals surface area contributed by atoms with Crippen molar-refractivity contribution >= 4 is 37.8 Å². The Morgan fingerprint density at radius 1 is 1.47 bits per heavy atom. The predicted molar refractivity (Wildman–Crippen MR) is 76.7 cm³/mol. The van der Waals surface area contributed by atoms with Gasteiger partial charge < -0.3 is 5.32 Å². The lowest BCUT2D eigenvalue weighted by molar-refractivity contribution is 0.0856. The van der Waals surface area contributed by atoms with Crippen LogP contribution in [0.2, 0.25) is 0 Å². The molecule has 0 bridgehead atoms. The van der Waals surface area contributed by atoms with Crippen molar-refractivity contribution in [3.63, 3.8) is 0 Å². The zero-order valence-electron chi connectivity index (χ0n) is 9.72. The molecule has 0 saturated heterocycles. The average Bonchev–Trinajstić information content (AvgIpc) is 2.26. The van der Waals surface area contributed by atoms with Gasteiger partial charge in [-0.2, -0.15) is 0 Å². The van der Waals surface area contributed by atoms with Gasteiger partial charge in [-0.1, -0.05) is 37.9 Å². The first kappa shape index (κ1) is 13.1. The van der Waals surface area contributed by atoms with Gasteiger partial charge >= 0.3 is 0 Å². The van der Waals surface area contributed by atoms with Crippen molar-refractivity contribution < 1.29 is 4.79 Å². The fourth-order valence-corrected chi connectivity index (χ4v) is 3.10. The van der Waals surface area contributed by atoms with Gasteiger partial charge in [0.1, 0.15) is 0 Å². The van der Waals surface area contributed by atoms with Gasteiger partial charge in [0.15, 0.2) is 0 Å². The smallest absolute Gasteiger partial charge is 0.252 e. The first-order chi connectivity index (χ1) is 8.06.